The van der Waals surface area contributed by atoms with Crippen molar-refractivity contribution in [1.29, 1.82) is 0 Å². The zero-order valence-corrected chi connectivity index (χ0v) is 21.3. The molecule has 10 heteroatoms. The quantitative estimate of drug-likeness (QED) is 0.198. The normalized spacial score (nSPS) is 10.8. The molecule has 0 fully saturated rings. The highest BCUT2D eigenvalue weighted by Gasteiger charge is 2.29. The van der Waals surface area contributed by atoms with Crippen molar-refractivity contribution in [2.24, 2.45) is 4.99 Å². The summed E-state index contributed by atoms with van der Waals surface area (Å²) in [6, 6.07) is 27.2. The first-order valence-corrected chi connectivity index (χ1v) is 11.8. The standard InChI is InChI=1S/C28H30N4O6/c1-29-21-32(28(35)38-20-24-16-10-5-11-17-24)25(30-26(33)36-18-22-12-6-3-7-13-22)31(2)27(34)37-19-23-14-8-4-9-15-23/h3-17,29H,18-21H2,1-2H3/b30-25+. The van der Waals surface area contributed by atoms with Crippen LogP contribution in [-0.2, 0) is 34.0 Å². The van der Waals surface area contributed by atoms with Crippen molar-refractivity contribution < 1.29 is 28.6 Å². The van der Waals surface area contributed by atoms with Gasteiger partial charge in [0.1, 0.15) is 19.8 Å². The fourth-order valence-corrected chi connectivity index (χ4v) is 3.22. The summed E-state index contributed by atoms with van der Waals surface area (Å²) in [6.07, 6.45) is -2.66. The van der Waals surface area contributed by atoms with Gasteiger partial charge >= 0.3 is 18.3 Å². The largest absolute Gasteiger partial charge is 0.444 e. The molecule has 198 valence electrons. The van der Waals surface area contributed by atoms with E-state index in [2.05, 4.69) is 10.3 Å². The molecule has 0 spiro atoms. The fraction of sp³-hybridized carbons (Fsp3) is 0.214. The van der Waals surface area contributed by atoms with Gasteiger partial charge in [-0.1, -0.05) is 91.0 Å². The third-order valence-corrected chi connectivity index (χ3v) is 5.16. The van der Waals surface area contributed by atoms with Crippen LogP contribution in [0.5, 0.6) is 0 Å². The van der Waals surface area contributed by atoms with E-state index in [4.69, 9.17) is 14.2 Å². The molecule has 0 atom stereocenters. The van der Waals surface area contributed by atoms with Gasteiger partial charge in [-0.3, -0.25) is 0 Å². The maximum atomic E-state index is 13.1. The molecular formula is C28H30N4O6. The molecule has 0 aromatic heterocycles. The molecule has 0 bridgehead atoms. The van der Waals surface area contributed by atoms with E-state index in [0.29, 0.717) is 0 Å². The number of guanidine groups is 1. The second-order valence-electron chi connectivity index (χ2n) is 8.03. The van der Waals surface area contributed by atoms with E-state index in [0.717, 1.165) is 26.5 Å². The third-order valence-electron chi connectivity index (χ3n) is 5.16. The zero-order chi connectivity index (χ0) is 27.2. The predicted octanol–water partition coefficient (Wildman–Crippen LogP) is 4.76. The molecular weight excluding hydrogens is 488 g/mol. The van der Waals surface area contributed by atoms with Crippen molar-refractivity contribution in [3.05, 3.63) is 108 Å². The number of hydrogen-bond donors (Lipinski definition) is 1. The van der Waals surface area contributed by atoms with Crippen LogP contribution in [0.15, 0.2) is 96.0 Å². The minimum absolute atomic E-state index is 0.0137. The van der Waals surface area contributed by atoms with Crippen LogP contribution in [0, 0.1) is 0 Å². The first-order chi connectivity index (χ1) is 18.5. The SMILES string of the molecule is CNCN(C(=O)OCc1ccccc1)/C(=N/C(=O)OCc1ccccc1)N(C)C(=O)OCc1ccccc1. The van der Waals surface area contributed by atoms with Gasteiger partial charge < -0.3 is 19.5 Å². The Bertz CT molecular complexity index is 1210. The second kappa shape index (κ2) is 14.8. The minimum Gasteiger partial charge on any atom is -0.444 e. The highest BCUT2D eigenvalue weighted by Crippen LogP contribution is 2.10. The lowest BCUT2D eigenvalue weighted by molar-refractivity contribution is 0.103. The minimum atomic E-state index is -0.997. The molecule has 0 saturated heterocycles. The first kappa shape index (κ1) is 27.9. The lowest BCUT2D eigenvalue weighted by Gasteiger charge is -2.28. The van der Waals surface area contributed by atoms with Gasteiger partial charge in [0.2, 0.25) is 5.96 Å². The molecule has 0 saturated carbocycles. The molecule has 0 aliphatic rings. The number of benzene rings is 3. The summed E-state index contributed by atoms with van der Waals surface area (Å²) in [5.74, 6) is -0.325. The number of nitrogens with zero attached hydrogens (tertiary/aromatic N) is 3. The highest BCUT2D eigenvalue weighted by molar-refractivity contribution is 6.04. The predicted molar refractivity (Wildman–Crippen MR) is 141 cm³/mol. The number of carbonyl (C=O) groups excluding carboxylic acids is 3. The molecule has 0 aliphatic carbocycles. The van der Waals surface area contributed by atoms with Crippen LogP contribution in [0.3, 0.4) is 0 Å². The van der Waals surface area contributed by atoms with E-state index in [1.54, 1.807) is 43.4 Å². The average molecular weight is 519 g/mol. The number of carbonyl (C=O) groups is 3. The maximum absolute atomic E-state index is 13.1. The van der Waals surface area contributed by atoms with Crippen LogP contribution in [0.4, 0.5) is 14.4 Å². The summed E-state index contributed by atoms with van der Waals surface area (Å²) in [5, 5.41) is 2.82. The van der Waals surface area contributed by atoms with Crippen molar-refractivity contribution in [3.8, 4) is 0 Å². The summed E-state index contributed by atoms with van der Waals surface area (Å²) >= 11 is 0. The number of rotatable bonds is 8. The van der Waals surface area contributed by atoms with E-state index in [1.165, 1.54) is 7.05 Å². The molecule has 0 aliphatic heterocycles. The molecule has 1 N–H and O–H groups in total. The number of amides is 3. The Morgan fingerprint density at radius 1 is 0.684 bits per heavy atom. The number of hydrogen-bond acceptors (Lipinski definition) is 7. The van der Waals surface area contributed by atoms with E-state index >= 15 is 0 Å². The Kier molecular flexibility index (Phi) is 10.8. The van der Waals surface area contributed by atoms with Gasteiger partial charge in [0.05, 0.1) is 6.67 Å². The van der Waals surface area contributed by atoms with Gasteiger partial charge in [-0.2, -0.15) is 0 Å². The summed E-state index contributed by atoms with van der Waals surface area (Å²) < 4.78 is 16.1. The Morgan fingerprint density at radius 2 is 1.11 bits per heavy atom. The summed E-state index contributed by atoms with van der Waals surface area (Å²) in [7, 11) is 2.93. The van der Waals surface area contributed by atoms with Gasteiger partial charge in [0, 0.05) is 7.05 Å². The molecule has 3 aromatic carbocycles. The average Bonchev–Trinajstić information content (AvgIpc) is 2.96. The Hall–Kier alpha value is -4.70. The Balaban J connectivity index is 1.79. The van der Waals surface area contributed by atoms with E-state index in [1.807, 2.05) is 54.6 Å². The van der Waals surface area contributed by atoms with Gasteiger partial charge in [-0.25, -0.2) is 24.2 Å². The number of aliphatic imine (C=N–C) groups is 1. The second-order valence-corrected chi connectivity index (χ2v) is 8.03. The monoisotopic (exact) mass is 518 g/mol. The lowest BCUT2D eigenvalue weighted by Crippen LogP contribution is -2.51. The van der Waals surface area contributed by atoms with Crippen LogP contribution >= 0.6 is 0 Å². The van der Waals surface area contributed by atoms with Crippen LogP contribution in [-0.4, -0.2) is 54.8 Å². The molecule has 0 unspecified atom stereocenters. The van der Waals surface area contributed by atoms with Crippen molar-refractivity contribution in [2.75, 3.05) is 20.8 Å². The van der Waals surface area contributed by atoms with Gasteiger partial charge in [-0.15, -0.1) is 4.99 Å². The Labute approximate surface area is 221 Å². The molecule has 3 rings (SSSR count). The fourth-order valence-electron chi connectivity index (χ4n) is 3.22. The Morgan fingerprint density at radius 3 is 1.55 bits per heavy atom. The molecule has 0 heterocycles. The topological polar surface area (TPSA) is 110 Å². The van der Waals surface area contributed by atoms with Gasteiger partial charge in [0.25, 0.3) is 0 Å². The highest BCUT2D eigenvalue weighted by atomic mass is 16.6. The van der Waals surface area contributed by atoms with Crippen molar-refractivity contribution in [1.82, 2.24) is 15.1 Å². The molecule has 3 amide bonds. The van der Waals surface area contributed by atoms with Crippen LogP contribution in [0.25, 0.3) is 0 Å². The summed E-state index contributed by atoms with van der Waals surface area (Å²) in [5.41, 5.74) is 2.29. The van der Waals surface area contributed by atoms with E-state index in [-0.39, 0.29) is 32.4 Å². The lowest BCUT2D eigenvalue weighted by atomic mass is 10.2. The van der Waals surface area contributed by atoms with Crippen LogP contribution < -0.4 is 5.32 Å². The molecule has 0 radical (unpaired) electrons. The molecule has 38 heavy (non-hydrogen) atoms. The van der Waals surface area contributed by atoms with Crippen molar-refractivity contribution in [2.45, 2.75) is 19.8 Å². The van der Waals surface area contributed by atoms with Crippen LogP contribution in [0.2, 0.25) is 0 Å². The summed E-state index contributed by atoms with van der Waals surface area (Å²) in [4.78, 5) is 44.5. The number of nitrogens with one attached hydrogen (secondary N) is 1. The summed E-state index contributed by atoms with van der Waals surface area (Å²) in [6.45, 7) is -0.189. The zero-order valence-electron chi connectivity index (χ0n) is 21.3. The van der Waals surface area contributed by atoms with E-state index < -0.39 is 18.3 Å². The van der Waals surface area contributed by atoms with Crippen LogP contribution in [0.1, 0.15) is 16.7 Å². The van der Waals surface area contributed by atoms with Crippen molar-refractivity contribution >= 4 is 24.2 Å². The first-order valence-electron chi connectivity index (χ1n) is 11.8. The van der Waals surface area contributed by atoms with E-state index in [9.17, 15) is 14.4 Å². The smallest absolute Gasteiger partial charge is 0.437 e. The third kappa shape index (κ3) is 8.75. The van der Waals surface area contributed by atoms with Gasteiger partial charge in [-0.05, 0) is 23.7 Å². The number of ether oxygens (including phenoxy) is 3. The van der Waals surface area contributed by atoms with Crippen molar-refractivity contribution in [3.63, 3.8) is 0 Å². The molecule has 10 nitrogen and oxygen atoms in total. The molecule has 3 aromatic rings. The maximum Gasteiger partial charge on any atom is 0.437 e. The van der Waals surface area contributed by atoms with Gasteiger partial charge in [0.15, 0.2) is 0 Å².